The van der Waals surface area contributed by atoms with Crippen molar-refractivity contribution < 1.29 is 9.18 Å². The Morgan fingerprint density at radius 3 is 2.53 bits per heavy atom. The SMILES string of the molecule is CC(C)(C)NC(=O)NC(=N)Nc1c(F)cccc1Br. The summed E-state index contributed by atoms with van der Waals surface area (Å²) in [5.41, 5.74) is -0.313. The molecule has 104 valence electrons. The number of anilines is 1. The first-order valence-electron chi connectivity index (χ1n) is 5.58. The normalized spacial score (nSPS) is 10.8. The van der Waals surface area contributed by atoms with Gasteiger partial charge in [-0.05, 0) is 48.8 Å². The Bertz CT molecular complexity index is 479. The fourth-order valence-corrected chi connectivity index (χ4v) is 1.70. The first-order chi connectivity index (χ1) is 8.69. The van der Waals surface area contributed by atoms with Crippen molar-refractivity contribution in [3.8, 4) is 0 Å². The van der Waals surface area contributed by atoms with Crippen LogP contribution in [-0.2, 0) is 0 Å². The molecule has 7 heteroatoms. The Morgan fingerprint density at radius 2 is 2.00 bits per heavy atom. The Labute approximate surface area is 119 Å². The summed E-state index contributed by atoms with van der Waals surface area (Å²) >= 11 is 3.16. The molecular weight excluding hydrogens is 315 g/mol. The maximum absolute atomic E-state index is 13.5. The van der Waals surface area contributed by atoms with Crippen molar-refractivity contribution in [3.63, 3.8) is 0 Å². The van der Waals surface area contributed by atoms with E-state index < -0.39 is 17.4 Å². The third-order valence-electron chi connectivity index (χ3n) is 1.94. The molecule has 19 heavy (non-hydrogen) atoms. The molecule has 0 heterocycles. The molecule has 1 rings (SSSR count). The minimum Gasteiger partial charge on any atom is -0.333 e. The summed E-state index contributed by atoms with van der Waals surface area (Å²) < 4.78 is 14.0. The fraction of sp³-hybridized carbons (Fsp3) is 0.333. The van der Waals surface area contributed by atoms with Gasteiger partial charge in [0.25, 0.3) is 0 Å². The van der Waals surface area contributed by atoms with Gasteiger partial charge in [0, 0.05) is 10.0 Å². The van der Waals surface area contributed by atoms with Gasteiger partial charge in [0.2, 0.25) is 5.96 Å². The molecule has 5 nitrogen and oxygen atoms in total. The van der Waals surface area contributed by atoms with Crippen molar-refractivity contribution in [3.05, 3.63) is 28.5 Å². The number of halogens is 2. The van der Waals surface area contributed by atoms with E-state index >= 15 is 0 Å². The van der Waals surface area contributed by atoms with Crippen molar-refractivity contribution in [1.82, 2.24) is 10.6 Å². The number of guanidine groups is 1. The van der Waals surface area contributed by atoms with Crippen LogP contribution in [0.15, 0.2) is 22.7 Å². The predicted molar refractivity (Wildman–Crippen MR) is 76.9 cm³/mol. The Hall–Kier alpha value is -1.63. The number of carbonyl (C=O) groups excluding carboxylic acids is 1. The molecule has 1 aromatic rings. The molecule has 0 saturated heterocycles. The average Bonchev–Trinajstić information content (AvgIpc) is 2.20. The zero-order chi connectivity index (χ0) is 14.6. The highest BCUT2D eigenvalue weighted by atomic mass is 79.9. The monoisotopic (exact) mass is 330 g/mol. The zero-order valence-electron chi connectivity index (χ0n) is 10.9. The molecule has 0 aliphatic carbocycles. The van der Waals surface area contributed by atoms with Crippen LogP contribution in [0.4, 0.5) is 14.9 Å². The van der Waals surface area contributed by atoms with Crippen LogP contribution in [0.3, 0.4) is 0 Å². The second kappa shape index (κ2) is 6.01. The summed E-state index contributed by atoms with van der Waals surface area (Å²) in [6.45, 7) is 5.45. The van der Waals surface area contributed by atoms with Gasteiger partial charge in [0.05, 0.1) is 5.69 Å². The van der Waals surface area contributed by atoms with Gasteiger partial charge in [-0.2, -0.15) is 0 Å². The molecule has 0 bridgehead atoms. The summed E-state index contributed by atoms with van der Waals surface area (Å²) in [4.78, 5) is 11.5. The minimum atomic E-state index is -0.530. The quantitative estimate of drug-likeness (QED) is 0.472. The van der Waals surface area contributed by atoms with Gasteiger partial charge < -0.3 is 10.6 Å². The first-order valence-corrected chi connectivity index (χ1v) is 6.37. The second-order valence-corrected chi connectivity index (χ2v) is 5.78. The second-order valence-electron chi connectivity index (χ2n) is 4.93. The molecule has 0 atom stereocenters. The van der Waals surface area contributed by atoms with Gasteiger partial charge >= 0.3 is 6.03 Å². The topological polar surface area (TPSA) is 77.0 Å². The Balaban J connectivity index is 2.64. The Morgan fingerprint density at radius 1 is 1.37 bits per heavy atom. The molecule has 2 amide bonds. The van der Waals surface area contributed by atoms with E-state index in [1.165, 1.54) is 12.1 Å². The lowest BCUT2D eigenvalue weighted by atomic mass is 10.1. The summed E-state index contributed by atoms with van der Waals surface area (Å²) in [5, 5.41) is 15.0. The zero-order valence-corrected chi connectivity index (χ0v) is 12.5. The molecule has 1 aromatic carbocycles. The van der Waals surface area contributed by atoms with Gasteiger partial charge in [0.15, 0.2) is 0 Å². The fourth-order valence-electron chi connectivity index (χ4n) is 1.26. The van der Waals surface area contributed by atoms with Crippen LogP contribution in [-0.4, -0.2) is 17.5 Å². The lowest BCUT2D eigenvalue weighted by Gasteiger charge is -2.21. The molecule has 0 saturated carbocycles. The maximum Gasteiger partial charge on any atom is 0.321 e. The van der Waals surface area contributed by atoms with E-state index in [-0.39, 0.29) is 11.6 Å². The Kier molecular flexibility index (Phi) is 4.88. The molecule has 0 aliphatic heterocycles. The predicted octanol–water partition coefficient (Wildman–Crippen LogP) is 3.03. The molecule has 0 spiro atoms. The molecule has 0 fully saturated rings. The molecular formula is C12H16BrFN4O. The van der Waals surface area contributed by atoms with Crippen LogP contribution >= 0.6 is 15.9 Å². The van der Waals surface area contributed by atoms with E-state index in [1.807, 2.05) is 20.8 Å². The number of nitrogens with one attached hydrogen (secondary N) is 4. The van der Waals surface area contributed by atoms with Crippen LogP contribution in [0.1, 0.15) is 20.8 Å². The number of carbonyl (C=O) groups is 1. The third-order valence-corrected chi connectivity index (χ3v) is 2.60. The minimum absolute atomic E-state index is 0.101. The largest absolute Gasteiger partial charge is 0.333 e. The number of hydrogen-bond donors (Lipinski definition) is 4. The van der Waals surface area contributed by atoms with E-state index in [4.69, 9.17) is 5.41 Å². The summed E-state index contributed by atoms with van der Waals surface area (Å²) in [6.07, 6.45) is 0. The number of hydrogen-bond acceptors (Lipinski definition) is 2. The molecule has 0 unspecified atom stereocenters. The van der Waals surface area contributed by atoms with Crippen molar-refractivity contribution in [1.29, 1.82) is 5.41 Å². The molecule has 0 radical (unpaired) electrons. The standard InChI is InChI=1S/C12H16BrFN4O/c1-12(2,3)18-11(19)17-10(15)16-9-7(13)5-4-6-8(9)14/h4-6H,1-3H3,(H4,15,16,17,18,19). The van der Waals surface area contributed by atoms with Gasteiger partial charge in [-0.15, -0.1) is 0 Å². The smallest absolute Gasteiger partial charge is 0.321 e. The van der Waals surface area contributed by atoms with Crippen LogP contribution in [0.5, 0.6) is 0 Å². The van der Waals surface area contributed by atoms with Crippen molar-refractivity contribution in [2.45, 2.75) is 26.3 Å². The van der Waals surface area contributed by atoms with Gasteiger partial charge in [0.1, 0.15) is 5.82 Å². The number of amides is 2. The van der Waals surface area contributed by atoms with Gasteiger partial charge in [-0.3, -0.25) is 10.7 Å². The van der Waals surface area contributed by atoms with E-state index in [0.29, 0.717) is 4.47 Å². The van der Waals surface area contributed by atoms with Crippen LogP contribution in [0.25, 0.3) is 0 Å². The molecule has 0 aliphatic rings. The van der Waals surface area contributed by atoms with Gasteiger partial charge in [-0.1, -0.05) is 6.07 Å². The van der Waals surface area contributed by atoms with E-state index in [0.717, 1.165) is 0 Å². The van der Waals surface area contributed by atoms with Crippen LogP contribution < -0.4 is 16.0 Å². The number of urea groups is 1. The summed E-state index contributed by atoms with van der Waals surface area (Å²) in [5.74, 6) is -0.829. The van der Waals surface area contributed by atoms with E-state index in [2.05, 4.69) is 31.9 Å². The number of rotatable bonds is 1. The first kappa shape index (κ1) is 15.4. The lowest BCUT2D eigenvalue weighted by Crippen LogP contribution is -2.49. The maximum atomic E-state index is 13.5. The highest BCUT2D eigenvalue weighted by Gasteiger charge is 2.15. The average molecular weight is 331 g/mol. The van der Waals surface area contributed by atoms with Crippen molar-refractivity contribution >= 4 is 33.6 Å². The van der Waals surface area contributed by atoms with Crippen molar-refractivity contribution in [2.75, 3.05) is 5.32 Å². The third kappa shape index (κ3) is 5.25. The number of para-hydroxylation sites is 1. The highest BCUT2D eigenvalue weighted by Crippen LogP contribution is 2.24. The molecule has 4 N–H and O–H groups in total. The molecule has 0 aromatic heterocycles. The van der Waals surface area contributed by atoms with E-state index in [9.17, 15) is 9.18 Å². The summed E-state index contributed by atoms with van der Waals surface area (Å²) in [7, 11) is 0. The van der Waals surface area contributed by atoms with E-state index in [1.54, 1.807) is 6.07 Å². The number of benzene rings is 1. The van der Waals surface area contributed by atoms with Gasteiger partial charge in [-0.25, -0.2) is 9.18 Å². The highest BCUT2D eigenvalue weighted by molar-refractivity contribution is 9.10. The van der Waals surface area contributed by atoms with Crippen molar-refractivity contribution in [2.24, 2.45) is 0 Å². The summed E-state index contributed by atoms with van der Waals surface area (Å²) in [6, 6.07) is 3.90. The van der Waals surface area contributed by atoms with Crippen LogP contribution in [0, 0.1) is 11.2 Å². The lowest BCUT2D eigenvalue weighted by molar-refractivity contribution is 0.236. The van der Waals surface area contributed by atoms with Crippen LogP contribution in [0.2, 0.25) is 0 Å².